The maximum atomic E-state index is 13.1. The predicted octanol–water partition coefficient (Wildman–Crippen LogP) is 6.93. The van der Waals surface area contributed by atoms with Gasteiger partial charge in [-0.3, -0.25) is 14.3 Å². The lowest BCUT2D eigenvalue weighted by Crippen LogP contribution is -2.29. The van der Waals surface area contributed by atoms with Gasteiger partial charge in [0, 0.05) is 11.6 Å². The topological polar surface area (TPSA) is 38.1 Å². The third kappa shape index (κ3) is 6.43. The van der Waals surface area contributed by atoms with Crippen molar-refractivity contribution in [1.29, 1.82) is 0 Å². The van der Waals surface area contributed by atoms with Gasteiger partial charge in [0.15, 0.2) is 0 Å². The van der Waals surface area contributed by atoms with Crippen LogP contribution in [0.3, 0.4) is 0 Å². The van der Waals surface area contributed by atoms with Gasteiger partial charge < -0.3 is 0 Å². The molecule has 0 unspecified atom stereocenters. The van der Waals surface area contributed by atoms with Crippen LogP contribution in [0.1, 0.15) is 37.4 Å². The molecule has 3 aromatic rings. The van der Waals surface area contributed by atoms with E-state index in [1.54, 1.807) is 18.5 Å². The highest BCUT2D eigenvalue weighted by Crippen LogP contribution is 2.22. The van der Waals surface area contributed by atoms with E-state index in [9.17, 15) is 4.79 Å². The first kappa shape index (κ1) is 25.2. The van der Waals surface area contributed by atoms with Gasteiger partial charge in [0.25, 0.3) is 5.56 Å². The summed E-state index contributed by atoms with van der Waals surface area (Å²) in [5.41, 5.74) is 3.30. The van der Waals surface area contributed by atoms with Gasteiger partial charge in [-0.2, -0.15) is 0 Å². The fraction of sp³-hybridized carbons (Fsp3) is 0.241. The van der Waals surface area contributed by atoms with E-state index in [1.807, 2.05) is 37.3 Å². The number of aromatic nitrogens is 2. The third-order valence-corrected chi connectivity index (χ3v) is 6.77. The number of allylic oxidation sites excluding steroid dienone is 6. The van der Waals surface area contributed by atoms with Gasteiger partial charge in [0.1, 0.15) is 6.33 Å². The Bertz CT molecular complexity index is 1380. The highest BCUT2D eigenvalue weighted by Gasteiger charge is 2.12. The third-order valence-electron chi connectivity index (χ3n) is 6.22. The zero-order chi connectivity index (χ0) is 24.8. The lowest BCUT2D eigenvalue weighted by atomic mass is 10.0. The molecule has 2 aromatic carbocycles. The molecule has 0 spiro atoms. The number of halogens is 1. The molecule has 1 fully saturated rings. The van der Waals surface area contributed by atoms with Crippen LogP contribution in [0.15, 0.2) is 93.9 Å². The number of thiol groups is 1. The van der Waals surface area contributed by atoms with E-state index < -0.39 is 0 Å². The number of nitrogens with zero attached hydrogens (tertiary/aromatic N) is 3. The van der Waals surface area contributed by atoms with Gasteiger partial charge in [0.05, 0.1) is 16.3 Å². The van der Waals surface area contributed by atoms with E-state index in [0.717, 1.165) is 23.2 Å². The summed E-state index contributed by atoms with van der Waals surface area (Å²) >= 11 is 10.3. The first-order chi connectivity index (χ1) is 16.9. The van der Waals surface area contributed by atoms with Crippen molar-refractivity contribution in [2.45, 2.75) is 37.6 Å². The van der Waals surface area contributed by atoms with E-state index in [1.165, 1.54) is 47.9 Å². The molecule has 4 rings (SSSR count). The lowest BCUT2D eigenvalue weighted by Gasteiger charge is -2.26. The van der Waals surface area contributed by atoms with Crippen LogP contribution in [-0.2, 0) is 6.54 Å². The summed E-state index contributed by atoms with van der Waals surface area (Å²) in [5, 5.41) is 2.70. The highest BCUT2D eigenvalue weighted by atomic mass is 35.5. The van der Waals surface area contributed by atoms with E-state index in [2.05, 4.69) is 53.4 Å². The molecular formula is C29H30ClN3OS. The molecule has 2 heterocycles. The summed E-state index contributed by atoms with van der Waals surface area (Å²) in [5.74, 6) is 0. The van der Waals surface area contributed by atoms with E-state index in [0.29, 0.717) is 15.6 Å². The van der Waals surface area contributed by atoms with Crippen molar-refractivity contribution in [3.8, 4) is 5.69 Å². The van der Waals surface area contributed by atoms with Crippen molar-refractivity contribution < 1.29 is 0 Å². The second-order valence-corrected chi connectivity index (χ2v) is 9.69. The van der Waals surface area contributed by atoms with E-state index in [4.69, 9.17) is 11.6 Å². The molecule has 0 saturated carbocycles. The predicted molar refractivity (Wildman–Crippen MR) is 151 cm³/mol. The van der Waals surface area contributed by atoms with Gasteiger partial charge in [-0.05, 0) is 85.1 Å². The first-order valence-electron chi connectivity index (χ1n) is 11.9. The number of hydrogen-bond donors (Lipinski definition) is 1. The average Bonchev–Trinajstić information content (AvgIpc) is 2.87. The van der Waals surface area contributed by atoms with Gasteiger partial charge in [-0.1, -0.05) is 61.0 Å². The summed E-state index contributed by atoms with van der Waals surface area (Å²) in [6.45, 7) is 8.92. The Balaban J connectivity index is 1.56. The summed E-state index contributed by atoms with van der Waals surface area (Å²) in [6.07, 6.45) is 14.6. The second-order valence-electron chi connectivity index (χ2n) is 8.76. The number of hydrogen-bond acceptors (Lipinski definition) is 4. The molecule has 1 aliphatic rings. The monoisotopic (exact) mass is 503 g/mol. The minimum atomic E-state index is -0.212. The zero-order valence-corrected chi connectivity index (χ0v) is 21.6. The van der Waals surface area contributed by atoms with Crippen molar-refractivity contribution in [3.05, 3.63) is 106 Å². The molecule has 180 valence electrons. The molecule has 1 aliphatic heterocycles. The second kappa shape index (κ2) is 11.7. The number of piperidine rings is 1. The summed E-state index contributed by atoms with van der Waals surface area (Å²) in [7, 11) is 0. The zero-order valence-electron chi connectivity index (χ0n) is 20.0. The SMILES string of the molecule is C=C(Cl)\C=C/C(=C\C)/C=C/c1ncn(-c2ccc3cc(CN4CCCCC4)ccc3c2)c(=O)c1S. The van der Waals surface area contributed by atoms with Crippen LogP contribution in [0.2, 0.25) is 0 Å². The van der Waals surface area contributed by atoms with Crippen LogP contribution in [0, 0.1) is 0 Å². The van der Waals surface area contributed by atoms with Crippen LogP contribution in [0.5, 0.6) is 0 Å². The first-order valence-corrected chi connectivity index (χ1v) is 12.7. The van der Waals surface area contributed by atoms with Crippen molar-refractivity contribution in [3.63, 3.8) is 0 Å². The van der Waals surface area contributed by atoms with Gasteiger partial charge in [0.2, 0.25) is 0 Å². The Morgan fingerprint density at radius 3 is 2.57 bits per heavy atom. The van der Waals surface area contributed by atoms with Crippen LogP contribution in [0.4, 0.5) is 0 Å². The maximum Gasteiger partial charge on any atom is 0.271 e. The Hall–Kier alpha value is -2.86. The Labute approximate surface area is 217 Å². The summed E-state index contributed by atoms with van der Waals surface area (Å²) in [4.78, 5) is 20.4. The molecule has 1 aromatic heterocycles. The highest BCUT2D eigenvalue weighted by molar-refractivity contribution is 7.80. The molecule has 0 aliphatic carbocycles. The standard InChI is InChI=1S/C29H30ClN3OS/c1-3-22(8-7-21(2)30)10-14-27-28(35)29(34)33(20-31-27)26-13-12-24-17-23(9-11-25(24)18-26)19-32-15-5-4-6-16-32/h3,7-14,17-18,20,35H,2,4-6,15-16,19H2,1H3/b8-7-,14-10+,22-3+. The van der Waals surface area contributed by atoms with Crippen LogP contribution in [0.25, 0.3) is 22.5 Å². The molecule has 0 atom stereocenters. The van der Waals surface area contributed by atoms with Gasteiger partial charge in [-0.25, -0.2) is 4.98 Å². The van der Waals surface area contributed by atoms with Crippen molar-refractivity contribution in [1.82, 2.24) is 14.5 Å². The van der Waals surface area contributed by atoms with E-state index in [-0.39, 0.29) is 5.56 Å². The molecule has 0 bridgehead atoms. The average molecular weight is 504 g/mol. The summed E-state index contributed by atoms with van der Waals surface area (Å²) < 4.78 is 1.54. The van der Waals surface area contributed by atoms with Gasteiger partial charge in [-0.15, -0.1) is 12.6 Å². The molecule has 4 nitrogen and oxygen atoms in total. The van der Waals surface area contributed by atoms with E-state index >= 15 is 0 Å². The fourth-order valence-electron chi connectivity index (χ4n) is 4.28. The van der Waals surface area contributed by atoms with Crippen molar-refractivity contribution in [2.75, 3.05) is 13.1 Å². The molecule has 1 saturated heterocycles. The Morgan fingerprint density at radius 1 is 1.09 bits per heavy atom. The van der Waals surface area contributed by atoms with Crippen molar-refractivity contribution in [2.24, 2.45) is 0 Å². The van der Waals surface area contributed by atoms with Crippen LogP contribution < -0.4 is 5.56 Å². The summed E-state index contributed by atoms with van der Waals surface area (Å²) in [6, 6.07) is 12.6. The normalized spacial score (nSPS) is 15.5. The number of benzene rings is 2. The molecule has 0 radical (unpaired) electrons. The number of fused-ring (bicyclic) bond motifs is 1. The quantitative estimate of drug-likeness (QED) is 0.280. The Kier molecular flexibility index (Phi) is 8.45. The van der Waals surface area contributed by atoms with Crippen LogP contribution in [-0.4, -0.2) is 27.5 Å². The molecular weight excluding hydrogens is 474 g/mol. The molecule has 35 heavy (non-hydrogen) atoms. The smallest absolute Gasteiger partial charge is 0.271 e. The lowest BCUT2D eigenvalue weighted by molar-refractivity contribution is 0.221. The Morgan fingerprint density at radius 2 is 1.83 bits per heavy atom. The minimum Gasteiger partial charge on any atom is -0.299 e. The van der Waals surface area contributed by atoms with Crippen molar-refractivity contribution >= 4 is 41.1 Å². The van der Waals surface area contributed by atoms with Crippen LogP contribution >= 0.6 is 24.2 Å². The fourth-order valence-corrected chi connectivity index (χ4v) is 4.58. The van der Waals surface area contributed by atoms with Gasteiger partial charge >= 0.3 is 0 Å². The minimum absolute atomic E-state index is 0.212. The maximum absolute atomic E-state index is 13.1. The number of likely N-dealkylation sites (tertiary alicyclic amines) is 1. The number of rotatable bonds is 7. The largest absolute Gasteiger partial charge is 0.299 e. The molecule has 6 heteroatoms. The molecule has 0 amide bonds. The molecule has 0 N–H and O–H groups in total.